The van der Waals surface area contributed by atoms with Crippen LogP contribution >= 0.6 is 0 Å². The third-order valence-corrected chi connectivity index (χ3v) is 4.91. The van der Waals surface area contributed by atoms with Crippen molar-refractivity contribution in [1.29, 1.82) is 0 Å². The molecule has 1 aliphatic heterocycles. The van der Waals surface area contributed by atoms with E-state index in [1.165, 1.54) is 24.0 Å². The van der Waals surface area contributed by atoms with Gasteiger partial charge in [0.15, 0.2) is 17.7 Å². The van der Waals surface area contributed by atoms with Crippen LogP contribution in [-0.4, -0.2) is 64.5 Å². The van der Waals surface area contributed by atoms with Crippen molar-refractivity contribution in [2.45, 2.75) is 51.7 Å². The smallest absolute Gasteiger partial charge is 0.323 e. The predicted octanol–water partition coefficient (Wildman–Crippen LogP) is 2.30. The number of hydrogen-bond donors (Lipinski definition) is 1. The van der Waals surface area contributed by atoms with Gasteiger partial charge >= 0.3 is 5.97 Å². The van der Waals surface area contributed by atoms with Crippen LogP contribution in [0.25, 0.3) is 0 Å². The maximum absolute atomic E-state index is 13.8. The quantitative estimate of drug-likeness (QED) is 0.767. The number of carboxylic acid groups (broad SMARTS) is 1. The topological polar surface area (TPSA) is 87.2 Å². The summed E-state index contributed by atoms with van der Waals surface area (Å²) in [6.45, 7) is 3.69. The number of nitrogens with zero attached hydrogens (tertiary/aromatic N) is 2. The lowest BCUT2D eigenvalue weighted by Gasteiger charge is -2.29. The molecular formula is C20H27FN2O5. The number of rotatable bonds is 7. The SMILES string of the molecule is CCC(Oc1ccccc1F)C(=O)N1CCCC(N(CC(=O)O)C(C)=O)CC1. The van der Waals surface area contributed by atoms with Crippen molar-refractivity contribution < 1.29 is 28.6 Å². The van der Waals surface area contributed by atoms with Crippen LogP contribution < -0.4 is 4.74 Å². The second-order valence-corrected chi connectivity index (χ2v) is 6.90. The molecular weight excluding hydrogens is 367 g/mol. The Bertz CT molecular complexity index is 712. The summed E-state index contributed by atoms with van der Waals surface area (Å²) in [5, 5.41) is 9.04. The predicted molar refractivity (Wildman–Crippen MR) is 100 cm³/mol. The lowest BCUT2D eigenvalue weighted by Crippen LogP contribution is -2.44. The highest BCUT2D eigenvalue weighted by atomic mass is 19.1. The minimum absolute atomic E-state index is 0.0413. The van der Waals surface area contributed by atoms with E-state index in [4.69, 9.17) is 9.84 Å². The van der Waals surface area contributed by atoms with Gasteiger partial charge in [0.1, 0.15) is 6.54 Å². The summed E-state index contributed by atoms with van der Waals surface area (Å²) in [6.07, 6.45) is 1.37. The van der Waals surface area contributed by atoms with Crippen LogP contribution in [0.1, 0.15) is 39.5 Å². The first-order chi connectivity index (χ1) is 13.3. The molecule has 1 N–H and O–H groups in total. The molecule has 7 nitrogen and oxygen atoms in total. The largest absolute Gasteiger partial charge is 0.480 e. The highest BCUT2D eigenvalue weighted by Crippen LogP contribution is 2.21. The van der Waals surface area contributed by atoms with E-state index in [-0.39, 0.29) is 30.2 Å². The molecule has 0 aliphatic carbocycles. The Labute approximate surface area is 164 Å². The molecule has 1 saturated heterocycles. The number of carbonyl (C=O) groups is 3. The van der Waals surface area contributed by atoms with Gasteiger partial charge < -0.3 is 19.6 Å². The Balaban J connectivity index is 2.03. The first-order valence-corrected chi connectivity index (χ1v) is 9.52. The summed E-state index contributed by atoms with van der Waals surface area (Å²) in [7, 11) is 0. The number of hydrogen-bond acceptors (Lipinski definition) is 4. The van der Waals surface area contributed by atoms with Gasteiger partial charge in [0, 0.05) is 26.1 Å². The summed E-state index contributed by atoms with van der Waals surface area (Å²) in [4.78, 5) is 38.8. The molecule has 2 amide bonds. The first kappa shape index (κ1) is 21.7. The van der Waals surface area contributed by atoms with Crippen LogP contribution in [-0.2, 0) is 14.4 Å². The van der Waals surface area contributed by atoms with Gasteiger partial charge in [-0.05, 0) is 37.8 Å². The van der Waals surface area contributed by atoms with Gasteiger partial charge in [-0.25, -0.2) is 4.39 Å². The van der Waals surface area contributed by atoms with Crippen molar-refractivity contribution in [3.8, 4) is 5.75 Å². The minimum atomic E-state index is -1.06. The van der Waals surface area contributed by atoms with Crippen LogP contribution in [0.2, 0.25) is 0 Å². The molecule has 0 radical (unpaired) electrons. The number of amides is 2. The number of benzene rings is 1. The van der Waals surface area contributed by atoms with E-state index in [0.29, 0.717) is 38.8 Å². The molecule has 2 atom stereocenters. The minimum Gasteiger partial charge on any atom is -0.480 e. The van der Waals surface area contributed by atoms with E-state index in [1.54, 1.807) is 24.0 Å². The van der Waals surface area contributed by atoms with Crippen molar-refractivity contribution in [3.63, 3.8) is 0 Å². The number of carboxylic acids is 1. The van der Waals surface area contributed by atoms with Gasteiger partial charge in [-0.3, -0.25) is 14.4 Å². The van der Waals surface area contributed by atoms with E-state index in [1.807, 2.05) is 0 Å². The molecule has 0 aromatic heterocycles. The van der Waals surface area contributed by atoms with Crippen molar-refractivity contribution >= 4 is 17.8 Å². The molecule has 28 heavy (non-hydrogen) atoms. The molecule has 0 bridgehead atoms. The number of aliphatic carboxylic acids is 1. The number of halogens is 1. The molecule has 2 rings (SSSR count). The van der Waals surface area contributed by atoms with Gasteiger partial charge in [-0.15, -0.1) is 0 Å². The summed E-state index contributed by atoms with van der Waals surface area (Å²) >= 11 is 0. The molecule has 0 spiro atoms. The highest BCUT2D eigenvalue weighted by Gasteiger charge is 2.30. The first-order valence-electron chi connectivity index (χ1n) is 9.52. The summed E-state index contributed by atoms with van der Waals surface area (Å²) < 4.78 is 19.4. The molecule has 1 aromatic carbocycles. The average Bonchev–Trinajstić information content (AvgIpc) is 2.90. The van der Waals surface area contributed by atoms with E-state index in [0.717, 1.165) is 0 Å². The zero-order valence-corrected chi connectivity index (χ0v) is 16.3. The maximum atomic E-state index is 13.8. The van der Waals surface area contributed by atoms with Crippen LogP contribution in [0.15, 0.2) is 24.3 Å². The number of ether oxygens (including phenoxy) is 1. The fourth-order valence-corrected chi connectivity index (χ4v) is 3.46. The van der Waals surface area contributed by atoms with E-state index in [9.17, 15) is 18.8 Å². The van der Waals surface area contributed by atoms with E-state index < -0.39 is 17.9 Å². The standard InChI is InChI=1S/C20H27FN2O5/c1-3-17(28-18-9-5-4-8-16(18)21)20(27)22-11-6-7-15(10-12-22)23(14(2)24)13-19(25)26/h4-5,8-9,15,17H,3,6-7,10-13H2,1-2H3,(H,25,26). The van der Waals surface area contributed by atoms with E-state index >= 15 is 0 Å². The average molecular weight is 394 g/mol. The second-order valence-electron chi connectivity index (χ2n) is 6.90. The maximum Gasteiger partial charge on any atom is 0.323 e. The molecule has 1 fully saturated rings. The Morgan fingerprint density at radius 1 is 1.29 bits per heavy atom. The van der Waals surface area contributed by atoms with Crippen molar-refractivity contribution in [3.05, 3.63) is 30.1 Å². The number of para-hydroxylation sites is 1. The molecule has 2 unspecified atom stereocenters. The fourth-order valence-electron chi connectivity index (χ4n) is 3.46. The lowest BCUT2D eigenvalue weighted by atomic mass is 10.1. The van der Waals surface area contributed by atoms with Gasteiger partial charge in [0.2, 0.25) is 5.91 Å². The molecule has 0 saturated carbocycles. The lowest BCUT2D eigenvalue weighted by molar-refractivity contribution is -0.145. The zero-order chi connectivity index (χ0) is 20.7. The monoisotopic (exact) mass is 394 g/mol. The Hall–Kier alpha value is -2.64. The normalized spacial score (nSPS) is 18.1. The van der Waals surface area contributed by atoms with Crippen molar-refractivity contribution in [2.24, 2.45) is 0 Å². The van der Waals surface area contributed by atoms with Gasteiger partial charge in [0.25, 0.3) is 5.91 Å². The van der Waals surface area contributed by atoms with E-state index in [2.05, 4.69) is 0 Å². The second kappa shape index (κ2) is 10.1. The Morgan fingerprint density at radius 2 is 2.00 bits per heavy atom. The molecule has 1 aliphatic rings. The van der Waals surface area contributed by atoms with Crippen LogP contribution in [0.4, 0.5) is 4.39 Å². The van der Waals surface area contributed by atoms with Gasteiger partial charge in [0.05, 0.1) is 0 Å². The molecule has 1 heterocycles. The molecule has 8 heteroatoms. The molecule has 1 aromatic rings. The summed E-state index contributed by atoms with van der Waals surface area (Å²) in [6, 6.07) is 5.74. The van der Waals surface area contributed by atoms with Gasteiger partial charge in [-0.1, -0.05) is 19.1 Å². The molecule has 154 valence electrons. The number of likely N-dealkylation sites (tertiary alicyclic amines) is 1. The summed E-state index contributed by atoms with van der Waals surface area (Å²) in [5.41, 5.74) is 0. The third-order valence-electron chi connectivity index (χ3n) is 4.91. The summed E-state index contributed by atoms with van der Waals surface area (Å²) in [5.74, 6) is -2.05. The van der Waals surface area contributed by atoms with Crippen molar-refractivity contribution in [2.75, 3.05) is 19.6 Å². The Kier molecular flexibility index (Phi) is 7.78. The van der Waals surface area contributed by atoms with Crippen LogP contribution in [0.5, 0.6) is 5.75 Å². The number of carbonyl (C=O) groups excluding carboxylic acids is 2. The van der Waals surface area contributed by atoms with Crippen LogP contribution in [0, 0.1) is 5.82 Å². The van der Waals surface area contributed by atoms with Crippen LogP contribution in [0.3, 0.4) is 0 Å². The van der Waals surface area contributed by atoms with Crippen molar-refractivity contribution in [1.82, 2.24) is 9.80 Å². The third kappa shape index (κ3) is 5.68. The highest BCUT2D eigenvalue weighted by molar-refractivity contribution is 5.81. The zero-order valence-electron chi connectivity index (χ0n) is 16.3. The van der Waals surface area contributed by atoms with Gasteiger partial charge in [-0.2, -0.15) is 0 Å². The fraction of sp³-hybridized carbons (Fsp3) is 0.550. The Morgan fingerprint density at radius 3 is 2.61 bits per heavy atom.